The lowest BCUT2D eigenvalue weighted by molar-refractivity contribution is 0.579. The summed E-state index contributed by atoms with van der Waals surface area (Å²) in [6.07, 6.45) is 0. The quantitative estimate of drug-likeness (QED) is 0.893. The Morgan fingerprint density at radius 2 is 2.17 bits per heavy atom. The molecule has 1 aliphatic heterocycles. The maximum Gasteiger partial charge on any atom is 0.146 e. The molecule has 1 saturated heterocycles. The molecule has 1 heterocycles. The molecule has 1 fully saturated rings. The number of nitrogens with zero attached hydrogens (tertiary/aromatic N) is 1. The van der Waals surface area contributed by atoms with Crippen LogP contribution in [-0.2, 0) is 0 Å². The lowest BCUT2D eigenvalue weighted by atomic mass is 10.1. The van der Waals surface area contributed by atoms with Crippen molar-refractivity contribution < 1.29 is 4.39 Å². The minimum absolute atomic E-state index is 0.123. The van der Waals surface area contributed by atoms with Gasteiger partial charge in [-0.15, -0.1) is 0 Å². The second kappa shape index (κ2) is 5.49. The lowest BCUT2D eigenvalue weighted by Gasteiger charge is -2.39. The molecular weight excluding hydrogens is 247 g/mol. The standard InChI is InChI=1S/C14H21FN2S/c1-9(16)12-4-5-14(13(15)8-12)17-6-7-18-11(3)10(17)2/h4-5,8-11H,6-7,16H2,1-3H3/t9-,10?,11?/m1/s1. The van der Waals surface area contributed by atoms with Crippen molar-refractivity contribution in [3.8, 4) is 0 Å². The van der Waals surface area contributed by atoms with E-state index in [9.17, 15) is 4.39 Å². The van der Waals surface area contributed by atoms with Gasteiger partial charge in [0.1, 0.15) is 5.82 Å². The summed E-state index contributed by atoms with van der Waals surface area (Å²) in [6, 6.07) is 5.61. The van der Waals surface area contributed by atoms with Crippen LogP contribution >= 0.6 is 11.8 Å². The van der Waals surface area contributed by atoms with Gasteiger partial charge in [-0.25, -0.2) is 4.39 Å². The number of anilines is 1. The highest BCUT2D eigenvalue weighted by Crippen LogP contribution is 2.31. The average molecular weight is 268 g/mol. The Hall–Kier alpha value is -0.740. The molecule has 1 aromatic carbocycles. The van der Waals surface area contributed by atoms with Crippen molar-refractivity contribution in [1.29, 1.82) is 0 Å². The molecule has 2 unspecified atom stereocenters. The average Bonchev–Trinajstić information content (AvgIpc) is 2.33. The van der Waals surface area contributed by atoms with Crippen LogP contribution in [0.15, 0.2) is 18.2 Å². The van der Waals surface area contributed by atoms with E-state index in [1.807, 2.05) is 30.8 Å². The second-order valence-corrected chi connectivity index (χ2v) is 6.49. The topological polar surface area (TPSA) is 29.3 Å². The first kappa shape index (κ1) is 13.7. The van der Waals surface area contributed by atoms with E-state index in [0.29, 0.717) is 17.0 Å². The van der Waals surface area contributed by atoms with E-state index in [1.54, 1.807) is 6.07 Å². The first-order valence-corrected chi connectivity index (χ1v) is 7.49. The summed E-state index contributed by atoms with van der Waals surface area (Å²) in [4.78, 5) is 2.17. The van der Waals surface area contributed by atoms with Crippen LogP contribution in [0.1, 0.15) is 32.4 Å². The monoisotopic (exact) mass is 268 g/mol. The zero-order valence-electron chi connectivity index (χ0n) is 11.2. The van der Waals surface area contributed by atoms with Gasteiger partial charge in [0, 0.05) is 29.6 Å². The summed E-state index contributed by atoms with van der Waals surface area (Å²) in [5, 5.41) is 0.534. The fourth-order valence-electron chi connectivity index (χ4n) is 2.31. The van der Waals surface area contributed by atoms with Crippen LogP contribution in [0.5, 0.6) is 0 Å². The van der Waals surface area contributed by atoms with E-state index in [4.69, 9.17) is 5.73 Å². The molecule has 1 aromatic rings. The van der Waals surface area contributed by atoms with Crippen LogP contribution in [0.2, 0.25) is 0 Å². The molecular formula is C14H21FN2S. The van der Waals surface area contributed by atoms with Crippen molar-refractivity contribution in [2.24, 2.45) is 5.73 Å². The van der Waals surface area contributed by atoms with Crippen molar-refractivity contribution in [3.05, 3.63) is 29.6 Å². The normalized spacial score (nSPS) is 26.2. The molecule has 0 radical (unpaired) electrons. The van der Waals surface area contributed by atoms with E-state index >= 15 is 0 Å². The third-order valence-electron chi connectivity index (χ3n) is 3.69. The van der Waals surface area contributed by atoms with Gasteiger partial charge in [0.25, 0.3) is 0 Å². The molecule has 2 N–H and O–H groups in total. The Labute approximate surface area is 113 Å². The van der Waals surface area contributed by atoms with Crippen LogP contribution in [0.25, 0.3) is 0 Å². The van der Waals surface area contributed by atoms with Crippen molar-refractivity contribution >= 4 is 17.4 Å². The first-order chi connectivity index (χ1) is 8.50. The summed E-state index contributed by atoms with van der Waals surface area (Å²) in [5.74, 6) is 0.899. The van der Waals surface area contributed by atoms with E-state index < -0.39 is 0 Å². The van der Waals surface area contributed by atoms with Gasteiger partial charge in [0.05, 0.1) is 5.69 Å². The number of benzene rings is 1. The molecule has 100 valence electrons. The summed E-state index contributed by atoms with van der Waals surface area (Å²) >= 11 is 1.95. The molecule has 0 aliphatic carbocycles. The molecule has 0 saturated carbocycles. The number of thioether (sulfide) groups is 1. The Kier molecular flexibility index (Phi) is 4.17. The molecule has 1 aliphatic rings. The van der Waals surface area contributed by atoms with Gasteiger partial charge in [-0.2, -0.15) is 11.8 Å². The Balaban J connectivity index is 2.27. The van der Waals surface area contributed by atoms with Gasteiger partial charge in [-0.05, 0) is 31.5 Å². The fraction of sp³-hybridized carbons (Fsp3) is 0.571. The Bertz CT molecular complexity index is 422. The molecule has 2 rings (SSSR count). The molecule has 0 aromatic heterocycles. The fourth-order valence-corrected chi connectivity index (χ4v) is 3.41. The summed E-state index contributed by atoms with van der Waals surface area (Å²) in [5.41, 5.74) is 7.33. The van der Waals surface area contributed by atoms with Crippen molar-refractivity contribution in [1.82, 2.24) is 0 Å². The molecule has 18 heavy (non-hydrogen) atoms. The third-order valence-corrected chi connectivity index (χ3v) is 5.03. The van der Waals surface area contributed by atoms with Crippen LogP contribution in [-0.4, -0.2) is 23.6 Å². The minimum Gasteiger partial charge on any atom is -0.365 e. The molecule has 4 heteroatoms. The van der Waals surface area contributed by atoms with Gasteiger partial charge < -0.3 is 10.6 Å². The highest BCUT2D eigenvalue weighted by atomic mass is 32.2. The first-order valence-electron chi connectivity index (χ1n) is 6.44. The van der Waals surface area contributed by atoms with Crippen LogP contribution < -0.4 is 10.6 Å². The number of hydrogen-bond acceptors (Lipinski definition) is 3. The number of hydrogen-bond donors (Lipinski definition) is 1. The largest absolute Gasteiger partial charge is 0.365 e. The maximum absolute atomic E-state index is 14.2. The van der Waals surface area contributed by atoms with E-state index in [0.717, 1.165) is 17.9 Å². The summed E-state index contributed by atoms with van der Waals surface area (Å²) < 4.78 is 14.2. The minimum atomic E-state index is -0.157. The number of nitrogens with two attached hydrogens (primary N) is 1. The molecule has 3 atom stereocenters. The number of rotatable bonds is 2. The van der Waals surface area contributed by atoms with Crippen LogP contribution in [0, 0.1) is 5.82 Å². The summed E-state index contributed by atoms with van der Waals surface area (Å²) in [6.45, 7) is 7.15. The Morgan fingerprint density at radius 3 is 2.78 bits per heavy atom. The van der Waals surface area contributed by atoms with E-state index in [1.165, 1.54) is 0 Å². The van der Waals surface area contributed by atoms with E-state index in [-0.39, 0.29) is 11.9 Å². The molecule has 0 amide bonds. The van der Waals surface area contributed by atoms with Crippen molar-refractivity contribution in [2.75, 3.05) is 17.2 Å². The second-order valence-electron chi connectivity index (χ2n) is 5.01. The van der Waals surface area contributed by atoms with E-state index in [2.05, 4.69) is 18.7 Å². The third kappa shape index (κ3) is 2.64. The van der Waals surface area contributed by atoms with Gasteiger partial charge in [0.2, 0.25) is 0 Å². The van der Waals surface area contributed by atoms with Crippen molar-refractivity contribution in [2.45, 2.75) is 38.1 Å². The summed E-state index contributed by atoms with van der Waals surface area (Å²) in [7, 11) is 0. The highest BCUT2D eigenvalue weighted by Gasteiger charge is 2.27. The molecule has 0 spiro atoms. The maximum atomic E-state index is 14.2. The molecule has 0 bridgehead atoms. The zero-order valence-corrected chi connectivity index (χ0v) is 12.0. The zero-order chi connectivity index (χ0) is 13.3. The smallest absolute Gasteiger partial charge is 0.146 e. The van der Waals surface area contributed by atoms with Crippen LogP contribution in [0.4, 0.5) is 10.1 Å². The van der Waals surface area contributed by atoms with Gasteiger partial charge in [-0.1, -0.05) is 13.0 Å². The lowest BCUT2D eigenvalue weighted by Crippen LogP contribution is -2.45. The predicted octanol–water partition coefficient (Wildman–Crippen LogP) is 3.18. The van der Waals surface area contributed by atoms with Crippen LogP contribution in [0.3, 0.4) is 0 Å². The SMILES string of the molecule is CC1SCCN(c2ccc([C@@H](C)N)cc2F)C1C. The van der Waals surface area contributed by atoms with Gasteiger partial charge >= 0.3 is 0 Å². The highest BCUT2D eigenvalue weighted by molar-refractivity contribution is 8.00. The van der Waals surface area contributed by atoms with Gasteiger partial charge in [0.15, 0.2) is 0 Å². The Morgan fingerprint density at radius 1 is 1.44 bits per heavy atom. The van der Waals surface area contributed by atoms with Gasteiger partial charge in [-0.3, -0.25) is 0 Å². The number of halogens is 1. The predicted molar refractivity (Wildman–Crippen MR) is 77.7 cm³/mol. The molecule has 2 nitrogen and oxygen atoms in total. The van der Waals surface area contributed by atoms with Crippen molar-refractivity contribution in [3.63, 3.8) is 0 Å².